The maximum atomic E-state index is 11.3. The van der Waals surface area contributed by atoms with E-state index in [4.69, 9.17) is 9.72 Å². The lowest BCUT2D eigenvalue weighted by molar-refractivity contribution is 0.0299. The molecule has 0 aliphatic carbocycles. The zero-order valence-electron chi connectivity index (χ0n) is 12.8. The van der Waals surface area contributed by atoms with Crippen molar-refractivity contribution in [1.82, 2.24) is 4.98 Å². The fourth-order valence-corrected chi connectivity index (χ4v) is 3.58. The van der Waals surface area contributed by atoms with E-state index in [1.165, 1.54) is 11.3 Å². The Bertz CT molecular complexity index is 461. The van der Waals surface area contributed by atoms with Gasteiger partial charge in [0.1, 0.15) is 0 Å². The molecule has 1 aliphatic rings. The van der Waals surface area contributed by atoms with Crippen molar-refractivity contribution >= 4 is 22.8 Å². The number of carbonyl (C=O) groups excluding carboxylic acids is 1. The van der Waals surface area contributed by atoms with Gasteiger partial charge in [-0.1, -0.05) is 32.1 Å². The molecule has 0 bridgehead atoms. The van der Waals surface area contributed by atoms with Crippen LogP contribution in [0.25, 0.3) is 0 Å². The third kappa shape index (κ3) is 3.04. The van der Waals surface area contributed by atoms with E-state index in [0.717, 1.165) is 48.0 Å². The summed E-state index contributed by atoms with van der Waals surface area (Å²) in [6, 6.07) is 0.363. The summed E-state index contributed by atoms with van der Waals surface area (Å²) >= 11 is 1.52. The Morgan fingerprint density at radius 2 is 2.30 bits per heavy atom. The number of rotatable bonds is 5. The summed E-state index contributed by atoms with van der Waals surface area (Å²) in [6.45, 7) is 10.1. The van der Waals surface area contributed by atoms with Crippen molar-refractivity contribution in [2.45, 2.75) is 58.6 Å². The number of anilines is 1. The number of aldehydes is 1. The standard InChI is InChI=1S/C15H24N2O2S/c1-5-10(3)14-13(8-18)20-15(16-14)17-7-11(4)19-9-12(17)6-2/h8,10-12H,5-7,9H2,1-4H3. The highest BCUT2D eigenvalue weighted by molar-refractivity contribution is 7.17. The van der Waals surface area contributed by atoms with Crippen LogP contribution in [0.2, 0.25) is 0 Å². The summed E-state index contributed by atoms with van der Waals surface area (Å²) in [5, 5.41) is 0.976. The minimum absolute atomic E-state index is 0.216. The molecule has 112 valence electrons. The first-order valence-corrected chi connectivity index (χ1v) is 8.26. The molecule has 0 spiro atoms. The van der Waals surface area contributed by atoms with Crippen LogP contribution in [0.1, 0.15) is 61.8 Å². The van der Waals surface area contributed by atoms with Crippen LogP contribution in [0.3, 0.4) is 0 Å². The first-order chi connectivity index (χ1) is 9.60. The van der Waals surface area contributed by atoms with Gasteiger partial charge in [-0.05, 0) is 25.7 Å². The lowest BCUT2D eigenvalue weighted by Gasteiger charge is -2.38. The van der Waals surface area contributed by atoms with Gasteiger partial charge in [0.05, 0.1) is 29.3 Å². The van der Waals surface area contributed by atoms with E-state index in [1.54, 1.807) is 0 Å². The van der Waals surface area contributed by atoms with Crippen molar-refractivity contribution in [3.05, 3.63) is 10.6 Å². The molecule has 1 aromatic rings. The Kier molecular flexibility index (Phi) is 5.16. The highest BCUT2D eigenvalue weighted by Gasteiger charge is 2.29. The third-order valence-electron chi connectivity index (χ3n) is 4.04. The van der Waals surface area contributed by atoms with Crippen molar-refractivity contribution in [2.24, 2.45) is 0 Å². The zero-order chi connectivity index (χ0) is 14.7. The molecule has 0 saturated carbocycles. The molecule has 0 amide bonds. The third-order valence-corrected chi connectivity index (χ3v) is 5.07. The second-order valence-electron chi connectivity index (χ2n) is 5.53. The lowest BCUT2D eigenvalue weighted by atomic mass is 10.0. The molecule has 0 N–H and O–H groups in total. The normalized spacial score (nSPS) is 24.7. The molecule has 2 rings (SSSR count). The van der Waals surface area contributed by atoms with E-state index in [1.807, 2.05) is 0 Å². The van der Waals surface area contributed by atoms with E-state index in [9.17, 15) is 4.79 Å². The number of carbonyl (C=O) groups is 1. The van der Waals surface area contributed by atoms with Crippen LogP contribution < -0.4 is 4.90 Å². The summed E-state index contributed by atoms with van der Waals surface area (Å²) in [5.74, 6) is 0.332. The lowest BCUT2D eigenvalue weighted by Crippen LogP contribution is -2.48. The molecule has 0 radical (unpaired) electrons. The van der Waals surface area contributed by atoms with Crippen LogP contribution >= 0.6 is 11.3 Å². The molecule has 2 heterocycles. The van der Waals surface area contributed by atoms with Gasteiger partial charge >= 0.3 is 0 Å². The first-order valence-electron chi connectivity index (χ1n) is 7.44. The van der Waals surface area contributed by atoms with Gasteiger partial charge in [0.15, 0.2) is 11.4 Å². The number of nitrogens with zero attached hydrogens (tertiary/aromatic N) is 2. The molecule has 1 saturated heterocycles. The Morgan fingerprint density at radius 3 is 2.90 bits per heavy atom. The van der Waals surface area contributed by atoms with Crippen molar-refractivity contribution in [2.75, 3.05) is 18.1 Å². The number of ether oxygens (including phenoxy) is 1. The average Bonchev–Trinajstić information content (AvgIpc) is 2.90. The van der Waals surface area contributed by atoms with Crippen molar-refractivity contribution in [1.29, 1.82) is 0 Å². The van der Waals surface area contributed by atoms with E-state index in [2.05, 4.69) is 32.6 Å². The number of thiazole rings is 1. The van der Waals surface area contributed by atoms with E-state index in [-0.39, 0.29) is 6.10 Å². The molecule has 1 aliphatic heterocycles. The molecule has 1 fully saturated rings. The van der Waals surface area contributed by atoms with Crippen LogP contribution in [-0.2, 0) is 4.74 Å². The predicted octanol–water partition coefficient (Wildman–Crippen LogP) is 3.47. The largest absolute Gasteiger partial charge is 0.375 e. The second-order valence-corrected chi connectivity index (χ2v) is 6.54. The van der Waals surface area contributed by atoms with Gasteiger partial charge in [0.25, 0.3) is 0 Å². The quantitative estimate of drug-likeness (QED) is 0.780. The second kappa shape index (κ2) is 6.68. The molecule has 4 nitrogen and oxygen atoms in total. The Balaban J connectivity index is 2.30. The number of hydrogen-bond donors (Lipinski definition) is 0. The number of morpholine rings is 1. The molecule has 3 unspecified atom stereocenters. The Morgan fingerprint density at radius 1 is 1.55 bits per heavy atom. The molecule has 0 aromatic carbocycles. The monoisotopic (exact) mass is 296 g/mol. The smallest absolute Gasteiger partial charge is 0.186 e. The van der Waals surface area contributed by atoms with Gasteiger partial charge < -0.3 is 9.64 Å². The van der Waals surface area contributed by atoms with E-state index in [0.29, 0.717) is 12.0 Å². The summed E-state index contributed by atoms with van der Waals surface area (Å²) in [5.41, 5.74) is 0.955. The summed E-state index contributed by atoms with van der Waals surface area (Å²) in [6.07, 6.45) is 3.20. The number of hydrogen-bond acceptors (Lipinski definition) is 5. The first kappa shape index (κ1) is 15.4. The van der Waals surface area contributed by atoms with Crippen molar-refractivity contribution in [3.8, 4) is 0 Å². The van der Waals surface area contributed by atoms with Crippen LogP contribution in [0.5, 0.6) is 0 Å². The van der Waals surface area contributed by atoms with E-state index < -0.39 is 0 Å². The summed E-state index contributed by atoms with van der Waals surface area (Å²) < 4.78 is 5.73. The molecule has 20 heavy (non-hydrogen) atoms. The fourth-order valence-electron chi connectivity index (χ4n) is 2.50. The van der Waals surface area contributed by atoms with Gasteiger partial charge in [-0.25, -0.2) is 4.98 Å². The molecule has 5 heteroatoms. The molecule has 1 aromatic heterocycles. The minimum Gasteiger partial charge on any atom is -0.375 e. The maximum absolute atomic E-state index is 11.3. The van der Waals surface area contributed by atoms with Crippen molar-refractivity contribution in [3.63, 3.8) is 0 Å². The zero-order valence-corrected chi connectivity index (χ0v) is 13.6. The van der Waals surface area contributed by atoms with Gasteiger partial charge in [0.2, 0.25) is 0 Å². The van der Waals surface area contributed by atoms with E-state index >= 15 is 0 Å². The van der Waals surface area contributed by atoms with Gasteiger partial charge in [-0.2, -0.15) is 0 Å². The Hall–Kier alpha value is -0.940. The minimum atomic E-state index is 0.216. The van der Waals surface area contributed by atoms with Crippen molar-refractivity contribution < 1.29 is 9.53 Å². The van der Waals surface area contributed by atoms with Crippen LogP contribution in [0, 0.1) is 0 Å². The topological polar surface area (TPSA) is 42.4 Å². The van der Waals surface area contributed by atoms with Crippen LogP contribution in [-0.4, -0.2) is 36.6 Å². The van der Waals surface area contributed by atoms with Gasteiger partial charge in [-0.3, -0.25) is 4.79 Å². The van der Waals surface area contributed by atoms with Gasteiger partial charge in [0, 0.05) is 6.54 Å². The SMILES string of the molecule is CCC(C)c1nc(N2CC(C)OCC2CC)sc1C=O. The molecular formula is C15H24N2O2S. The van der Waals surface area contributed by atoms with Gasteiger partial charge in [-0.15, -0.1) is 0 Å². The molecule has 3 atom stereocenters. The van der Waals surface area contributed by atoms with Crippen LogP contribution in [0.4, 0.5) is 5.13 Å². The summed E-state index contributed by atoms with van der Waals surface area (Å²) in [4.78, 5) is 19.2. The fraction of sp³-hybridized carbons (Fsp3) is 0.733. The Labute approximate surface area is 125 Å². The average molecular weight is 296 g/mol. The highest BCUT2D eigenvalue weighted by Crippen LogP contribution is 2.33. The summed E-state index contributed by atoms with van der Waals surface area (Å²) in [7, 11) is 0. The predicted molar refractivity (Wildman–Crippen MR) is 83.0 cm³/mol. The number of aromatic nitrogens is 1. The van der Waals surface area contributed by atoms with Crippen LogP contribution in [0.15, 0.2) is 0 Å². The maximum Gasteiger partial charge on any atom is 0.186 e. The molecular weight excluding hydrogens is 272 g/mol. The highest BCUT2D eigenvalue weighted by atomic mass is 32.1.